The van der Waals surface area contributed by atoms with Crippen molar-refractivity contribution in [3.05, 3.63) is 0 Å². The van der Waals surface area contributed by atoms with Crippen molar-refractivity contribution in [1.29, 1.82) is 0 Å². The van der Waals surface area contributed by atoms with Gasteiger partial charge in [-0.3, -0.25) is 4.99 Å². The first-order chi connectivity index (χ1) is 5.00. The lowest BCUT2D eigenvalue weighted by Crippen LogP contribution is -2.41. The summed E-state index contributed by atoms with van der Waals surface area (Å²) in [4.78, 5) is 8.33. The van der Waals surface area contributed by atoms with E-state index < -0.39 is 0 Å². The Morgan fingerprint density at radius 2 is 1.64 bits per heavy atom. The van der Waals surface area contributed by atoms with E-state index >= 15 is 0 Å². The maximum absolute atomic E-state index is 4.18. The van der Waals surface area contributed by atoms with Crippen LogP contribution >= 0.6 is 0 Å². The number of rotatable bonds is 1. The van der Waals surface area contributed by atoms with Gasteiger partial charge in [-0.1, -0.05) is 0 Å². The zero-order chi connectivity index (χ0) is 9.02. The van der Waals surface area contributed by atoms with Gasteiger partial charge in [-0.15, -0.1) is 0 Å². The van der Waals surface area contributed by atoms with Crippen molar-refractivity contribution < 1.29 is 0 Å². The normalized spacial score (nSPS) is 12.1. The Morgan fingerprint density at radius 3 is 1.73 bits per heavy atom. The predicted molar refractivity (Wildman–Crippen MR) is 49.9 cm³/mol. The van der Waals surface area contributed by atoms with Gasteiger partial charge in [0.05, 0.1) is 0 Å². The quantitative estimate of drug-likeness (QED) is 0.415. The van der Waals surface area contributed by atoms with E-state index in [1.54, 1.807) is 0 Å². The lowest BCUT2D eigenvalue weighted by atomic mass is 10.3. The van der Waals surface area contributed by atoms with Crippen LogP contribution in [0.3, 0.4) is 0 Å². The Kier molecular flexibility index (Phi) is 3.93. The molecule has 0 aliphatic carbocycles. The largest absolute Gasteiger partial charge is 0.349 e. The van der Waals surface area contributed by atoms with Crippen molar-refractivity contribution >= 4 is 5.96 Å². The lowest BCUT2D eigenvalue weighted by Gasteiger charge is -2.29. The first-order valence-electron chi connectivity index (χ1n) is 3.87. The lowest BCUT2D eigenvalue weighted by molar-refractivity contribution is 0.364. The third-order valence-electron chi connectivity index (χ3n) is 1.69. The van der Waals surface area contributed by atoms with Crippen LogP contribution in [0.4, 0.5) is 0 Å². The average Bonchev–Trinajstić information content (AvgIpc) is 1.88. The molecule has 0 aromatic heterocycles. The number of hydrogen-bond donors (Lipinski definition) is 0. The summed E-state index contributed by atoms with van der Waals surface area (Å²) < 4.78 is 0. The van der Waals surface area contributed by atoms with Crippen molar-refractivity contribution in [1.82, 2.24) is 9.80 Å². The van der Waals surface area contributed by atoms with Crippen molar-refractivity contribution in [2.45, 2.75) is 19.9 Å². The second-order valence-corrected chi connectivity index (χ2v) is 3.12. The molecule has 0 N–H and O–H groups in total. The minimum atomic E-state index is 0.496. The minimum absolute atomic E-state index is 0.496. The molecule has 3 heteroatoms. The fourth-order valence-electron chi connectivity index (χ4n) is 0.904. The maximum Gasteiger partial charge on any atom is 0.195 e. The molecule has 0 unspecified atom stereocenters. The van der Waals surface area contributed by atoms with Crippen molar-refractivity contribution in [3.63, 3.8) is 0 Å². The summed E-state index contributed by atoms with van der Waals surface area (Å²) in [5.74, 6) is 1.01. The van der Waals surface area contributed by atoms with Gasteiger partial charge in [0.2, 0.25) is 0 Å². The van der Waals surface area contributed by atoms with Crippen LogP contribution in [0, 0.1) is 0 Å². The first kappa shape index (κ1) is 10.3. The SMILES string of the molecule is CN=C(N(C)C)N(C)C(C)C. The summed E-state index contributed by atoms with van der Waals surface area (Å²) in [6.07, 6.45) is 0. The summed E-state index contributed by atoms with van der Waals surface area (Å²) in [5.41, 5.74) is 0. The van der Waals surface area contributed by atoms with E-state index in [1.165, 1.54) is 0 Å². The predicted octanol–water partition coefficient (Wildman–Crippen LogP) is 0.874. The van der Waals surface area contributed by atoms with Gasteiger partial charge >= 0.3 is 0 Å². The van der Waals surface area contributed by atoms with Crippen LogP contribution in [0.2, 0.25) is 0 Å². The summed E-state index contributed by atoms with van der Waals surface area (Å²) in [6, 6.07) is 0.496. The molecule has 0 saturated carbocycles. The molecule has 0 spiro atoms. The molecular weight excluding hydrogens is 138 g/mol. The highest BCUT2D eigenvalue weighted by Gasteiger charge is 2.09. The van der Waals surface area contributed by atoms with Gasteiger partial charge in [0, 0.05) is 34.2 Å². The van der Waals surface area contributed by atoms with Crippen LogP contribution in [0.1, 0.15) is 13.8 Å². The molecule has 0 saturated heterocycles. The molecule has 0 amide bonds. The summed E-state index contributed by atoms with van der Waals surface area (Å²) >= 11 is 0. The van der Waals surface area contributed by atoms with Gasteiger partial charge in [0.1, 0.15) is 0 Å². The van der Waals surface area contributed by atoms with E-state index in [-0.39, 0.29) is 0 Å². The first-order valence-corrected chi connectivity index (χ1v) is 3.87. The molecule has 11 heavy (non-hydrogen) atoms. The summed E-state index contributed by atoms with van der Waals surface area (Å²) in [5, 5.41) is 0. The molecule has 0 atom stereocenters. The van der Waals surface area contributed by atoms with Crippen molar-refractivity contribution in [3.8, 4) is 0 Å². The maximum atomic E-state index is 4.18. The molecular formula is C8H19N3. The van der Waals surface area contributed by atoms with Crippen LogP contribution in [0.25, 0.3) is 0 Å². The highest BCUT2D eigenvalue weighted by molar-refractivity contribution is 5.79. The minimum Gasteiger partial charge on any atom is -0.349 e. The van der Waals surface area contributed by atoms with Crippen LogP contribution in [0.5, 0.6) is 0 Å². The monoisotopic (exact) mass is 157 g/mol. The number of aliphatic imine (C=N–C) groups is 1. The van der Waals surface area contributed by atoms with Crippen LogP contribution < -0.4 is 0 Å². The Bertz CT molecular complexity index is 138. The third-order valence-corrected chi connectivity index (χ3v) is 1.69. The van der Waals surface area contributed by atoms with E-state index in [0.717, 1.165) is 5.96 Å². The Labute approximate surface area is 69.7 Å². The topological polar surface area (TPSA) is 18.8 Å². The Morgan fingerprint density at radius 1 is 1.18 bits per heavy atom. The van der Waals surface area contributed by atoms with E-state index in [0.29, 0.717) is 6.04 Å². The van der Waals surface area contributed by atoms with Gasteiger partial charge in [-0.2, -0.15) is 0 Å². The molecule has 0 aliphatic heterocycles. The molecule has 3 nitrogen and oxygen atoms in total. The number of nitrogens with zero attached hydrogens (tertiary/aromatic N) is 3. The second kappa shape index (κ2) is 4.21. The number of hydrogen-bond acceptors (Lipinski definition) is 1. The molecule has 0 heterocycles. The molecule has 0 aromatic carbocycles. The highest BCUT2D eigenvalue weighted by atomic mass is 15.3. The fraction of sp³-hybridized carbons (Fsp3) is 0.875. The van der Waals surface area contributed by atoms with Crippen molar-refractivity contribution in [2.75, 3.05) is 28.2 Å². The Balaban J connectivity index is 4.28. The smallest absolute Gasteiger partial charge is 0.195 e. The third kappa shape index (κ3) is 2.78. The van der Waals surface area contributed by atoms with Gasteiger partial charge in [-0.25, -0.2) is 0 Å². The van der Waals surface area contributed by atoms with Crippen LogP contribution in [-0.4, -0.2) is 50.0 Å². The fourth-order valence-corrected chi connectivity index (χ4v) is 0.904. The molecule has 0 bridgehead atoms. The average molecular weight is 157 g/mol. The van der Waals surface area contributed by atoms with E-state index in [4.69, 9.17) is 0 Å². The molecule has 0 aromatic rings. The molecule has 0 aliphatic rings. The van der Waals surface area contributed by atoms with E-state index in [2.05, 4.69) is 23.7 Å². The standard InChI is InChI=1S/C8H19N3/c1-7(2)11(6)8(9-3)10(4)5/h7H,1-6H3. The molecule has 0 fully saturated rings. The van der Waals surface area contributed by atoms with Crippen LogP contribution in [0.15, 0.2) is 4.99 Å². The summed E-state index contributed by atoms with van der Waals surface area (Å²) in [6.45, 7) is 4.30. The Hall–Kier alpha value is -0.730. The summed E-state index contributed by atoms with van der Waals surface area (Å²) in [7, 11) is 7.86. The van der Waals surface area contributed by atoms with E-state index in [1.807, 2.05) is 33.1 Å². The molecule has 0 rings (SSSR count). The van der Waals surface area contributed by atoms with Gasteiger partial charge < -0.3 is 9.80 Å². The molecule has 0 radical (unpaired) electrons. The molecule has 66 valence electrons. The van der Waals surface area contributed by atoms with Crippen molar-refractivity contribution in [2.24, 2.45) is 4.99 Å². The van der Waals surface area contributed by atoms with Gasteiger partial charge in [0.15, 0.2) is 5.96 Å². The zero-order valence-corrected chi connectivity index (χ0v) is 8.42. The second-order valence-electron chi connectivity index (χ2n) is 3.12. The number of guanidine groups is 1. The highest BCUT2D eigenvalue weighted by Crippen LogP contribution is 1.97. The van der Waals surface area contributed by atoms with Crippen LogP contribution in [-0.2, 0) is 0 Å². The zero-order valence-electron chi connectivity index (χ0n) is 8.42. The van der Waals surface area contributed by atoms with E-state index in [9.17, 15) is 0 Å². The van der Waals surface area contributed by atoms with Gasteiger partial charge in [0.25, 0.3) is 0 Å². The van der Waals surface area contributed by atoms with Gasteiger partial charge in [-0.05, 0) is 13.8 Å².